The van der Waals surface area contributed by atoms with Crippen molar-refractivity contribution in [1.82, 2.24) is 0 Å². The van der Waals surface area contributed by atoms with Crippen LogP contribution in [0, 0.1) is 0 Å². The normalized spacial score (nSPS) is 18.4. The molecule has 0 radical (unpaired) electrons. The van der Waals surface area contributed by atoms with Crippen LogP contribution in [0.5, 0.6) is 0 Å². The molecule has 6 nitrogen and oxygen atoms in total. The molecule has 2 aromatic carbocycles. The minimum absolute atomic E-state index is 0.0934. The predicted molar refractivity (Wildman–Crippen MR) is 119 cm³/mol. The van der Waals surface area contributed by atoms with Crippen molar-refractivity contribution in [1.29, 1.82) is 0 Å². The zero-order valence-electron chi connectivity index (χ0n) is 18.1. The van der Waals surface area contributed by atoms with Crippen LogP contribution in [0.2, 0.25) is 0 Å². The van der Waals surface area contributed by atoms with Gasteiger partial charge in [-0.1, -0.05) is 32.0 Å². The quantitative estimate of drug-likeness (QED) is 0.545. The highest BCUT2D eigenvalue weighted by molar-refractivity contribution is 5.98. The fourth-order valence-electron chi connectivity index (χ4n) is 4.37. The van der Waals surface area contributed by atoms with E-state index in [1.165, 1.54) is 0 Å². The van der Waals surface area contributed by atoms with E-state index >= 15 is 0 Å². The van der Waals surface area contributed by atoms with E-state index in [1.54, 1.807) is 35.2 Å². The lowest BCUT2D eigenvalue weighted by Crippen LogP contribution is -2.25. The van der Waals surface area contributed by atoms with E-state index in [0.717, 1.165) is 29.1 Å². The van der Waals surface area contributed by atoms with Gasteiger partial charge in [0.05, 0.1) is 5.56 Å². The molecule has 1 amide bonds. The van der Waals surface area contributed by atoms with E-state index in [2.05, 4.69) is 19.9 Å². The lowest BCUT2D eigenvalue weighted by atomic mass is 9.83. The fraction of sp³-hybridized carbons (Fsp3) is 0.320. The maximum atomic E-state index is 12.6. The van der Waals surface area contributed by atoms with Crippen molar-refractivity contribution in [3.05, 3.63) is 71.4 Å². The number of nitrogens with zero attached hydrogens (tertiary/aromatic N) is 2. The molecule has 2 aliphatic heterocycles. The van der Waals surface area contributed by atoms with Gasteiger partial charge in [-0.2, -0.15) is 0 Å². The average Bonchev–Trinajstić information content (AvgIpc) is 3.27. The Morgan fingerprint density at radius 1 is 1.10 bits per heavy atom. The summed E-state index contributed by atoms with van der Waals surface area (Å²) in [6.07, 6.45) is 2.96. The number of ketones is 1. The summed E-state index contributed by atoms with van der Waals surface area (Å²) in [4.78, 5) is 40.5. The maximum Gasteiger partial charge on any atom is 0.338 e. The highest BCUT2D eigenvalue weighted by Gasteiger charge is 2.38. The van der Waals surface area contributed by atoms with Crippen LogP contribution >= 0.6 is 0 Å². The second-order valence-electron chi connectivity index (χ2n) is 8.47. The summed E-state index contributed by atoms with van der Waals surface area (Å²) in [5.74, 6) is -0.736. The van der Waals surface area contributed by atoms with Crippen LogP contribution in [0.1, 0.15) is 42.6 Å². The number of amides is 1. The number of anilines is 2. The number of hydrogen-bond donors (Lipinski definition) is 0. The molecule has 0 spiro atoms. The zero-order chi connectivity index (χ0) is 22.2. The van der Waals surface area contributed by atoms with Gasteiger partial charge in [-0.05, 0) is 42.3 Å². The van der Waals surface area contributed by atoms with E-state index < -0.39 is 5.97 Å². The molecule has 6 heteroatoms. The highest BCUT2D eigenvalue weighted by atomic mass is 16.5. The Kier molecular flexibility index (Phi) is 5.39. The third-order valence-corrected chi connectivity index (χ3v) is 6.07. The van der Waals surface area contributed by atoms with Crippen molar-refractivity contribution >= 4 is 29.0 Å². The largest absolute Gasteiger partial charge is 0.454 e. The first kappa shape index (κ1) is 20.8. The van der Waals surface area contributed by atoms with Gasteiger partial charge < -0.3 is 14.5 Å². The van der Waals surface area contributed by atoms with Gasteiger partial charge in [0, 0.05) is 48.6 Å². The van der Waals surface area contributed by atoms with Gasteiger partial charge in [0.15, 0.2) is 12.4 Å². The fourth-order valence-corrected chi connectivity index (χ4v) is 4.37. The molecule has 0 aliphatic carbocycles. The molecule has 160 valence electrons. The average molecular weight is 418 g/mol. The Morgan fingerprint density at radius 3 is 2.45 bits per heavy atom. The van der Waals surface area contributed by atoms with Crippen molar-refractivity contribution < 1.29 is 19.1 Å². The van der Waals surface area contributed by atoms with Crippen LogP contribution in [-0.4, -0.2) is 37.9 Å². The first-order valence-corrected chi connectivity index (χ1v) is 10.4. The van der Waals surface area contributed by atoms with Gasteiger partial charge in [-0.3, -0.25) is 9.59 Å². The number of hydrogen-bond acceptors (Lipinski definition) is 5. The smallest absolute Gasteiger partial charge is 0.338 e. The van der Waals surface area contributed by atoms with E-state index in [4.69, 9.17) is 4.74 Å². The zero-order valence-corrected chi connectivity index (χ0v) is 18.1. The molecular formula is C25H26N2O4. The molecule has 2 heterocycles. The van der Waals surface area contributed by atoms with Crippen LogP contribution < -0.4 is 9.80 Å². The minimum Gasteiger partial charge on any atom is -0.454 e. The van der Waals surface area contributed by atoms with Crippen LogP contribution in [0.3, 0.4) is 0 Å². The van der Waals surface area contributed by atoms with E-state index in [-0.39, 0.29) is 23.7 Å². The number of benzene rings is 2. The summed E-state index contributed by atoms with van der Waals surface area (Å²) in [5.41, 5.74) is 3.90. The molecule has 2 aromatic rings. The van der Waals surface area contributed by atoms with Gasteiger partial charge in [0.25, 0.3) is 0 Å². The number of para-hydroxylation sites is 1. The summed E-state index contributed by atoms with van der Waals surface area (Å²) >= 11 is 0. The van der Waals surface area contributed by atoms with E-state index in [0.29, 0.717) is 18.5 Å². The molecule has 0 unspecified atom stereocenters. The Morgan fingerprint density at radius 2 is 1.81 bits per heavy atom. The number of carbonyl (C=O) groups is 3. The third-order valence-electron chi connectivity index (χ3n) is 6.07. The monoisotopic (exact) mass is 418 g/mol. The van der Waals surface area contributed by atoms with E-state index in [1.807, 2.05) is 30.1 Å². The maximum absolute atomic E-state index is 12.6. The number of rotatable bonds is 5. The van der Waals surface area contributed by atoms with Gasteiger partial charge >= 0.3 is 5.97 Å². The van der Waals surface area contributed by atoms with E-state index in [9.17, 15) is 14.4 Å². The molecule has 0 atom stereocenters. The summed E-state index contributed by atoms with van der Waals surface area (Å²) in [6.45, 7) is 4.52. The van der Waals surface area contributed by atoms with Gasteiger partial charge in [0.2, 0.25) is 5.91 Å². The van der Waals surface area contributed by atoms with Crippen molar-refractivity contribution in [2.45, 2.75) is 32.1 Å². The number of allylic oxidation sites excluding steroid dienone is 1. The second-order valence-corrected chi connectivity index (χ2v) is 8.47. The van der Waals surface area contributed by atoms with Crippen LogP contribution in [0.4, 0.5) is 11.4 Å². The Bertz CT molecular complexity index is 1070. The standard InChI is InChI=1S/C25H26N2O4/c1-25(2)20-7-4-5-8-21(20)26(3)22(25)15-19(28)16-31-24(30)17-10-12-18(13-11-17)27-14-6-9-23(27)29/h4-5,7-8,10-13,15H,6,9,14,16H2,1-3H3/b22-15-. The van der Waals surface area contributed by atoms with Crippen LogP contribution in [0.25, 0.3) is 0 Å². The summed E-state index contributed by atoms with van der Waals surface area (Å²) in [5, 5.41) is 0. The lowest BCUT2D eigenvalue weighted by molar-refractivity contribution is -0.118. The molecule has 31 heavy (non-hydrogen) atoms. The minimum atomic E-state index is -0.562. The van der Waals surface area contributed by atoms with Crippen LogP contribution in [-0.2, 0) is 19.7 Å². The van der Waals surface area contributed by atoms with Gasteiger partial charge in [-0.25, -0.2) is 4.79 Å². The molecule has 1 saturated heterocycles. The van der Waals surface area contributed by atoms with Gasteiger partial charge in [0.1, 0.15) is 0 Å². The first-order valence-electron chi connectivity index (χ1n) is 10.4. The van der Waals surface area contributed by atoms with Gasteiger partial charge in [-0.15, -0.1) is 0 Å². The molecule has 0 aromatic heterocycles. The molecule has 1 fully saturated rings. The Labute approximate surface area is 182 Å². The summed E-state index contributed by atoms with van der Waals surface area (Å²) in [7, 11) is 1.94. The molecule has 0 N–H and O–H groups in total. The van der Waals surface area contributed by atoms with Crippen molar-refractivity contribution in [2.24, 2.45) is 0 Å². The summed E-state index contributed by atoms with van der Waals surface area (Å²) in [6, 6.07) is 14.8. The van der Waals surface area contributed by atoms with Crippen molar-refractivity contribution in [3.8, 4) is 0 Å². The molecular weight excluding hydrogens is 392 g/mol. The Balaban J connectivity index is 1.40. The molecule has 4 rings (SSSR count). The summed E-state index contributed by atoms with van der Waals surface area (Å²) < 4.78 is 5.24. The topological polar surface area (TPSA) is 66.9 Å². The molecule has 0 bridgehead atoms. The van der Waals surface area contributed by atoms with Crippen LogP contribution in [0.15, 0.2) is 60.3 Å². The molecule has 2 aliphatic rings. The van der Waals surface area contributed by atoms with Crippen molar-refractivity contribution in [3.63, 3.8) is 0 Å². The second kappa shape index (κ2) is 8.02. The first-order chi connectivity index (χ1) is 14.8. The predicted octanol–water partition coefficient (Wildman–Crippen LogP) is 3.85. The Hall–Kier alpha value is -3.41. The number of likely N-dealkylation sites (N-methyl/N-ethyl adjacent to an activating group) is 1. The molecule has 0 saturated carbocycles. The number of carbonyl (C=O) groups excluding carboxylic acids is 3. The van der Waals surface area contributed by atoms with Crippen molar-refractivity contribution in [2.75, 3.05) is 30.0 Å². The number of fused-ring (bicyclic) bond motifs is 1. The third kappa shape index (κ3) is 3.85. The highest BCUT2D eigenvalue weighted by Crippen LogP contribution is 2.46. The SMILES string of the molecule is CN1/C(=C\C(=O)COC(=O)c2ccc(N3CCCC3=O)cc2)C(C)(C)c2ccccc21. The number of ether oxygens (including phenoxy) is 1. The lowest BCUT2D eigenvalue weighted by Gasteiger charge is -2.23. The number of esters is 1.